The van der Waals surface area contributed by atoms with E-state index in [1.165, 1.54) is 0 Å². The highest BCUT2D eigenvalue weighted by molar-refractivity contribution is 7.98. The molecule has 0 aliphatic heterocycles. The summed E-state index contributed by atoms with van der Waals surface area (Å²) in [6.45, 7) is 8.10. The molecule has 0 atom stereocenters. The van der Waals surface area contributed by atoms with Gasteiger partial charge < -0.3 is 4.52 Å². The summed E-state index contributed by atoms with van der Waals surface area (Å²) in [4.78, 5) is 15.7. The molecule has 0 spiro atoms. The largest absolute Gasteiger partial charge is 0.339 e. The van der Waals surface area contributed by atoms with Gasteiger partial charge in [-0.1, -0.05) is 32.9 Å². The Labute approximate surface area is 107 Å². The topological polar surface area (TPSA) is 56.0 Å². The van der Waals surface area contributed by atoms with E-state index in [1.54, 1.807) is 11.8 Å². The van der Waals surface area contributed by atoms with E-state index in [1.807, 2.05) is 13.8 Å². The lowest BCUT2D eigenvalue weighted by atomic mass is 10.1. The maximum Gasteiger partial charge on any atom is 0.234 e. The third-order valence-corrected chi connectivity index (χ3v) is 3.53. The Morgan fingerprint density at radius 2 is 2.06 bits per heavy atom. The highest BCUT2D eigenvalue weighted by Crippen LogP contribution is 2.13. The van der Waals surface area contributed by atoms with Crippen LogP contribution in [0.15, 0.2) is 4.52 Å². The van der Waals surface area contributed by atoms with Gasteiger partial charge in [0.05, 0.1) is 12.2 Å². The van der Waals surface area contributed by atoms with Crippen molar-refractivity contribution in [2.24, 2.45) is 11.8 Å². The fraction of sp³-hybridized carbons (Fsp3) is 0.750. The summed E-state index contributed by atoms with van der Waals surface area (Å²) >= 11 is 1.78. The Bertz CT molecular complexity index is 361. The van der Waals surface area contributed by atoms with E-state index in [0.717, 1.165) is 11.5 Å². The summed E-state index contributed by atoms with van der Waals surface area (Å²) in [7, 11) is 0. The summed E-state index contributed by atoms with van der Waals surface area (Å²) in [5.41, 5.74) is 0. The molecule has 0 saturated carbocycles. The first-order valence-corrected chi connectivity index (χ1v) is 7.06. The van der Waals surface area contributed by atoms with Gasteiger partial charge in [-0.2, -0.15) is 16.7 Å². The highest BCUT2D eigenvalue weighted by atomic mass is 32.2. The van der Waals surface area contributed by atoms with E-state index >= 15 is 0 Å². The number of carbonyl (C=O) groups excluding carboxylic acids is 1. The van der Waals surface area contributed by atoms with Crippen LogP contribution in [0.25, 0.3) is 0 Å². The minimum Gasteiger partial charge on any atom is -0.339 e. The predicted octanol–water partition coefficient (Wildman–Crippen LogP) is 2.73. The smallest absolute Gasteiger partial charge is 0.234 e. The molecule has 0 aliphatic rings. The molecule has 1 heterocycles. The van der Waals surface area contributed by atoms with Crippen LogP contribution < -0.4 is 0 Å². The molecule has 0 saturated heterocycles. The fourth-order valence-corrected chi connectivity index (χ4v) is 2.05. The molecule has 0 aromatic carbocycles. The number of carbonyl (C=O) groups is 1. The minimum absolute atomic E-state index is 0.0145. The first-order valence-electron chi connectivity index (χ1n) is 5.91. The quantitative estimate of drug-likeness (QED) is 0.750. The molecule has 96 valence electrons. The van der Waals surface area contributed by atoms with Crippen molar-refractivity contribution in [3.63, 3.8) is 0 Å². The Balaban J connectivity index is 2.40. The van der Waals surface area contributed by atoms with Gasteiger partial charge in [0.15, 0.2) is 5.82 Å². The van der Waals surface area contributed by atoms with Crippen LogP contribution in [0.1, 0.15) is 39.4 Å². The maximum atomic E-state index is 11.5. The van der Waals surface area contributed by atoms with Gasteiger partial charge >= 0.3 is 0 Å². The minimum atomic E-state index is 0.0145. The van der Waals surface area contributed by atoms with Crippen LogP contribution in [-0.2, 0) is 17.0 Å². The van der Waals surface area contributed by atoms with Gasteiger partial charge in [0.2, 0.25) is 5.89 Å². The molecule has 0 radical (unpaired) electrons. The monoisotopic (exact) mass is 256 g/mol. The average Bonchev–Trinajstić information content (AvgIpc) is 2.65. The lowest BCUT2D eigenvalue weighted by Gasteiger charge is -2.00. The van der Waals surface area contributed by atoms with Gasteiger partial charge in [-0.3, -0.25) is 4.79 Å². The molecule has 0 N–H and O–H groups in total. The number of aromatic nitrogens is 2. The van der Waals surface area contributed by atoms with Gasteiger partial charge in [-0.25, -0.2) is 0 Å². The van der Waals surface area contributed by atoms with Crippen LogP contribution in [0.4, 0.5) is 0 Å². The van der Waals surface area contributed by atoms with E-state index in [2.05, 4.69) is 24.0 Å². The summed E-state index contributed by atoms with van der Waals surface area (Å²) in [6, 6.07) is 0. The van der Waals surface area contributed by atoms with Crippen LogP contribution in [0.2, 0.25) is 0 Å². The second-order valence-electron chi connectivity index (χ2n) is 4.81. The zero-order valence-corrected chi connectivity index (χ0v) is 11.7. The zero-order valence-electron chi connectivity index (χ0n) is 10.9. The van der Waals surface area contributed by atoms with E-state index < -0.39 is 0 Å². The van der Waals surface area contributed by atoms with Crippen molar-refractivity contribution in [2.75, 3.05) is 5.75 Å². The second-order valence-corrected chi connectivity index (χ2v) is 5.84. The van der Waals surface area contributed by atoms with Crippen molar-refractivity contribution < 1.29 is 9.32 Å². The molecule has 0 fully saturated rings. The fourth-order valence-electron chi connectivity index (χ4n) is 1.16. The molecule has 5 heteroatoms. The molecule has 1 rings (SSSR count). The molecule has 0 bridgehead atoms. The number of hydrogen-bond acceptors (Lipinski definition) is 5. The summed E-state index contributed by atoms with van der Waals surface area (Å²) in [5.74, 6) is 3.75. The SMILES string of the molecule is CC(C)CSCc1noc(CC(=O)C(C)C)n1. The molecule has 0 unspecified atom stereocenters. The second kappa shape index (κ2) is 6.79. The van der Waals surface area contributed by atoms with Gasteiger partial charge in [-0.05, 0) is 11.7 Å². The summed E-state index contributed by atoms with van der Waals surface area (Å²) in [5, 5.41) is 3.87. The van der Waals surface area contributed by atoms with Crippen LogP contribution in [0.5, 0.6) is 0 Å². The Morgan fingerprint density at radius 1 is 1.35 bits per heavy atom. The maximum absolute atomic E-state index is 11.5. The molecule has 0 aliphatic carbocycles. The van der Waals surface area contributed by atoms with Gasteiger partial charge in [0.25, 0.3) is 0 Å². The zero-order chi connectivity index (χ0) is 12.8. The van der Waals surface area contributed by atoms with Gasteiger partial charge in [0, 0.05) is 5.92 Å². The van der Waals surface area contributed by atoms with Crippen molar-refractivity contribution in [1.82, 2.24) is 10.1 Å². The van der Waals surface area contributed by atoms with Gasteiger partial charge in [-0.15, -0.1) is 0 Å². The molecule has 0 amide bonds. The van der Waals surface area contributed by atoms with Crippen molar-refractivity contribution in [3.05, 3.63) is 11.7 Å². The third kappa shape index (κ3) is 5.35. The number of nitrogens with zero attached hydrogens (tertiary/aromatic N) is 2. The Morgan fingerprint density at radius 3 is 2.65 bits per heavy atom. The normalized spacial score (nSPS) is 11.4. The van der Waals surface area contributed by atoms with E-state index in [9.17, 15) is 4.79 Å². The Hall–Kier alpha value is -0.840. The lowest BCUT2D eigenvalue weighted by molar-refractivity contribution is -0.121. The molecule has 17 heavy (non-hydrogen) atoms. The summed E-state index contributed by atoms with van der Waals surface area (Å²) in [6.07, 6.45) is 0.250. The molecular weight excluding hydrogens is 236 g/mol. The van der Waals surface area contributed by atoms with Crippen molar-refractivity contribution in [2.45, 2.75) is 39.9 Å². The predicted molar refractivity (Wildman–Crippen MR) is 68.8 cm³/mol. The molecular formula is C12H20N2O2S. The van der Waals surface area contributed by atoms with Gasteiger partial charge in [0.1, 0.15) is 5.78 Å². The highest BCUT2D eigenvalue weighted by Gasteiger charge is 2.13. The number of rotatable bonds is 7. The number of thioether (sulfide) groups is 1. The molecule has 4 nitrogen and oxygen atoms in total. The average molecular weight is 256 g/mol. The number of hydrogen-bond donors (Lipinski definition) is 0. The third-order valence-electron chi connectivity index (χ3n) is 2.16. The first-order chi connectivity index (χ1) is 7.99. The molecule has 1 aromatic rings. The summed E-state index contributed by atoms with van der Waals surface area (Å²) < 4.78 is 5.05. The lowest BCUT2D eigenvalue weighted by Crippen LogP contribution is -2.10. The van der Waals surface area contributed by atoms with Crippen molar-refractivity contribution in [1.29, 1.82) is 0 Å². The van der Waals surface area contributed by atoms with Crippen LogP contribution in [0.3, 0.4) is 0 Å². The number of ketones is 1. The van der Waals surface area contributed by atoms with E-state index in [0.29, 0.717) is 17.6 Å². The van der Waals surface area contributed by atoms with Crippen molar-refractivity contribution >= 4 is 17.5 Å². The standard InChI is InChI=1S/C12H20N2O2S/c1-8(2)6-17-7-11-13-12(16-14-11)5-10(15)9(3)4/h8-9H,5-7H2,1-4H3. The number of Topliss-reactive ketones (excluding diaryl/α,β-unsaturated/α-hetero) is 1. The van der Waals surface area contributed by atoms with Crippen LogP contribution >= 0.6 is 11.8 Å². The van der Waals surface area contributed by atoms with Crippen molar-refractivity contribution in [3.8, 4) is 0 Å². The Kier molecular flexibility index (Phi) is 5.68. The van der Waals surface area contributed by atoms with Crippen LogP contribution in [-0.4, -0.2) is 21.7 Å². The van der Waals surface area contributed by atoms with E-state index in [-0.39, 0.29) is 18.1 Å². The molecule has 1 aromatic heterocycles. The van der Waals surface area contributed by atoms with E-state index in [4.69, 9.17) is 4.52 Å². The van der Waals surface area contributed by atoms with Crippen LogP contribution in [0, 0.1) is 11.8 Å². The first kappa shape index (κ1) is 14.2.